The number of rotatable bonds is 5. The largest absolute Gasteiger partial charge is 0.465 e. The molecular weight excluding hydrogens is 280 g/mol. The van der Waals surface area contributed by atoms with Crippen LogP contribution in [-0.4, -0.2) is 35.3 Å². The Bertz CT molecular complexity index is 574. The average molecular weight is 292 g/mol. The van der Waals surface area contributed by atoms with E-state index in [4.69, 9.17) is 4.42 Å². The summed E-state index contributed by atoms with van der Waals surface area (Å²) in [4.78, 5) is 49.8. The SMILES string of the molecule is O=C(/C=C/c1ccco1)NCC(=O)ON1C(=O)CCC1=O. The molecule has 0 spiro atoms. The highest BCUT2D eigenvalue weighted by molar-refractivity contribution is 6.01. The van der Waals surface area contributed by atoms with Crippen LogP contribution in [0.4, 0.5) is 0 Å². The zero-order valence-electron chi connectivity index (χ0n) is 10.9. The van der Waals surface area contributed by atoms with E-state index in [9.17, 15) is 19.2 Å². The van der Waals surface area contributed by atoms with Crippen molar-refractivity contribution in [1.29, 1.82) is 0 Å². The molecule has 2 rings (SSSR count). The van der Waals surface area contributed by atoms with Gasteiger partial charge in [-0.1, -0.05) is 0 Å². The van der Waals surface area contributed by atoms with Crippen LogP contribution in [-0.2, 0) is 24.0 Å². The Morgan fingerprint density at radius 2 is 2.05 bits per heavy atom. The van der Waals surface area contributed by atoms with Crippen molar-refractivity contribution in [3.05, 3.63) is 30.2 Å². The molecule has 0 radical (unpaired) electrons. The molecule has 110 valence electrons. The lowest BCUT2D eigenvalue weighted by molar-refractivity contribution is -0.196. The second-order valence-electron chi connectivity index (χ2n) is 4.11. The summed E-state index contributed by atoms with van der Waals surface area (Å²) in [5.74, 6) is -2.10. The van der Waals surface area contributed by atoms with Gasteiger partial charge in [-0.2, -0.15) is 0 Å². The van der Waals surface area contributed by atoms with Crippen LogP contribution in [0.5, 0.6) is 0 Å². The van der Waals surface area contributed by atoms with Gasteiger partial charge in [0.2, 0.25) is 5.91 Å². The summed E-state index contributed by atoms with van der Waals surface area (Å²) in [6, 6.07) is 3.32. The first-order chi connectivity index (χ1) is 10.1. The highest BCUT2D eigenvalue weighted by Crippen LogP contribution is 2.11. The van der Waals surface area contributed by atoms with E-state index in [1.54, 1.807) is 12.1 Å². The second-order valence-corrected chi connectivity index (χ2v) is 4.11. The first-order valence-corrected chi connectivity index (χ1v) is 6.12. The molecule has 1 saturated heterocycles. The highest BCUT2D eigenvalue weighted by atomic mass is 16.7. The van der Waals surface area contributed by atoms with Gasteiger partial charge in [-0.05, 0) is 18.2 Å². The Balaban J connectivity index is 1.75. The van der Waals surface area contributed by atoms with Crippen molar-refractivity contribution in [3.63, 3.8) is 0 Å². The normalized spacial score (nSPS) is 14.8. The molecule has 1 fully saturated rings. The Morgan fingerprint density at radius 1 is 1.33 bits per heavy atom. The molecule has 0 aliphatic carbocycles. The average Bonchev–Trinajstić information content (AvgIpc) is 3.08. The van der Waals surface area contributed by atoms with E-state index in [0.29, 0.717) is 10.8 Å². The number of amides is 3. The van der Waals surface area contributed by atoms with Gasteiger partial charge in [-0.3, -0.25) is 14.4 Å². The minimum atomic E-state index is -0.904. The van der Waals surface area contributed by atoms with Gasteiger partial charge in [0.05, 0.1) is 6.26 Å². The van der Waals surface area contributed by atoms with Crippen LogP contribution in [0.15, 0.2) is 28.9 Å². The monoisotopic (exact) mass is 292 g/mol. The molecule has 1 N–H and O–H groups in total. The third kappa shape index (κ3) is 4.03. The Hall–Kier alpha value is -2.90. The van der Waals surface area contributed by atoms with Crippen molar-refractivity contribution in [3.8, 4) is 0 Å². The summed E-state index contributed by atoms with van der Waals surface area (Å²) in [6.07, 6.45) is 4.10. The molecule has 0 saturated carbocycles. The zero-order chi connectivity index (χ0) is 15.2. The lowest BCUT2D eigenvalue weighted by Gasteiger charge is -2.12. The van der Waals surface area contributed by atoms with Crippen LogP contribution in [0.2, 0.25) is 0 Å². The van der Waals surface area contributed by atoms with E-state index in [0.717, 1.165) is 0 Å². The fourth-order valence-corrected chi connectivity index (χ4v) is 1.55. The quantitative estimate of drug-likeness (QED) is 0.605. The van der Waals surface area contributed by atoms with E-state index in [-0.39, 0.29) is 12.8 Å². The van der Waals surface area contributed by atoms with E-state index < -0.39 is 30.2 Å². The summed E-state index contributed by atoms with van der Waals surface area (Å²) in [5.41, 5.74) is 0. The summed E-state index contributed by atoms with van der Waals surface area (Å²) >= 11 is 0. The van der Waals surface area contributed by atoms with E-state index in [1.807, 2.05) is 0 Å². The number of hydrogen-bond donors (Lipinski definition) is 1. The van der Waals surface area contributed by atoms with Crippen LogP contribution in [0, 0.1) is 0 Å². The van der Waals surface area contributed by atoms with Crippen molar-refractivity contribution in [2.45, 2.75) is 12.8 Å². The number of carbonyl (C=O) groups excluding carboxylic acids is 4. The molecule has 0 bridgehead atoms. The maximum absolute atomic E-state index is 11.4. The fourth-order valence-electron chi connectivity index (χ4n) is 1.55. The highest BCUT2D eigenvalue weighted by Gasteiger charge is 2.32. The van der Waals surface area contributed by atoms with Crippen LogP contribution in [0.1, 0.15) is 18.6 Å². The fraction of sp³-hybridized carbons (Fsp3) is 0.231. The summed E-state index contributed by atoms with van der Waals surface area (Å²) in [7, 11) is 0. The molecule has 2 heterocycles. The van der Waals surface area contributed by atoms with Crippen molar-refractivity contribution >= 4 is 29.8 Å². The molecule has 1 aliphatic rings. The lowest BCUT2D eigenvalue weighted by atomic mass is 10.4. The maximum Gasteiger partial charge on any atom is 0.352 e. The Kier molecular flexibility index (Phi) is 4.50. The minimum Gasteiger partial charge on any atom is -0.465 e. The smallest absolute Gasteiger partial charge is 0.352 e. The van der Waals surface area contributed by atoms with Crippen LogP contribution < -0.4 is 5.32 Å². The molecule has 1 aliphatic heterocycles. The number of nitrogens with zero attached hydrogens (tertiary/aromatic N) is 1. The Labute approximate surface area is 119 Å². The number of hydrogen-bond acceptors (Lipinski definition) is 6. The van der Waals surface area contributed by atoms with Gasteiger partial charge >= 0.3 is 5.97 Å². The number of furan rings is 1. The van der Waals surface area contributed by atoms with Crippen molar-refractivity contribution in [2.75, 3.05) is 6.54 Å². The number of hydroxylamine groups is 2. The van der Waals surface area contributed by atoms with Crippen molar-refractivity contribution < 1.29 is 28.4 Å². The molecule has 8 heteroatoms. The van der Waals surface area contributed by atoms with Crippen LogP contribution in [0.25, 0.3) is 6.08 Å². The van der Waals surface area contributed by atoms with Crippen LogP contribution in [0.3, 0.4) is 0 Å². The van der Waals surface area contributed by atoms with Gasteiger partial charge < -0.3 is 14.6 Å². The number of imide groups is 1. The predicted octanol–water partition coefficient (Wildman–Crippen LogP) is 0.0162. The molecule has 1 aromatic heterocycles. The molecule has 0 aromatic carbocycles. The van der Waals surface area contributed by atoms with Crippen LogP contribution >= 0.6 is 0 Å². The molecule has 8 nitrogen and oxygen atoms in total. The third-order valence-corrected chi connectivity index (χ3v) is 2.55. The van der Waals surface area contributed by atoms with E-state index in [1.165, 1.54) is 18.4 Å². The summed E-state index contributed by atoms with van der Waals surface area (Å²) < 4.78 is 4.98. The Morgan fingerprint density at radius 3 is 2.67 bits per heavy atom. The van der Waals surface area contributed by atoms with Gasteiger partial charge in [0.25, 0.3) is 11.8 Å². The molecule has 21 heavy (non-hydrogen) atoms. The first kappa shape index (κ1) is 14.5. The molecule has 0 atom stereocenters. The third-order valence-electron chi connectivity index (χ3n) is 2.55. The second kappa shape index (κ2) is 6.51. The minimum absolute atomic E-state index is 0.0182. The number of carbonyl (C=O) groups is 4. The molecule has 3 amide bonds. The van der Waals surface area contributed by atoms with Gasteiger partial charge in [-0.25, -0.2) is 4.79 Å². The predicted molar refractivity (Wildman–Crippen MR) is 67.9 cm³/mol. The molecular formula is C13H12N2O6. The van der Waals surface area contributed by atoms with Gasteiger partial charge in [-0.15, -0.1) is 5.06 Å². The summed E-state index contributed by atoms with van der Waals surface area (Å²) in [5, 5.41) is 2.68. The zero-order valence-corrected chi connectivity index (χ0v) is 10.9. The maximum atomic E-state index is 11.4. The van der Waals surface area contributed by atoms with Gasteiger partial charge in [0, 0.05) is 18.9 Å². The lowest BCUT2D eigenvalue weighted by Crippen LogP contribution is -2.37. The van der Waals surface area contributed by atoms with Crippen molar-refractivity contribution in [1.82, 2.24) is 10.4 Å². The molecule has 0 unspecified atom stereocenters. The summed E-state index contributed by atoms with van der Waals surface area (Å²) in [6.45, 7) is -0.460. The topological polar surface area (TPSA) is 106 Å². The van der Waals surface area contributed by atoms with E-state index >= 15 is 0 Å². The van der Waals surface area contributed by atoms with Gasteiger partial charge in [0.1, 0.15) is 12.3 Å². The first-order valence-electron chi connectivity index (χ1n) is 6.12. The van der Waals surface area contributed by atoms with E-state index in [2.05, 4.69) is 10.2 Å². The standard InChI is InChI=1S/C13H12N2O6/c16-10(4-3-9-2-1-7-20-9)14-8-13(19)21-15-11(17)5-6-12(15)18/h1-4,7H,5-6,8H2,(H,14,16)/b4-3+. The van der Waals surface area contributed by atoms with Crippen molar-refractivity contribution in [2.24, 2.45) is 0 Å². The molecule has 1 aromatic rings. The van der Waals surface area contributed by atoms with Gasteiger partial charge in [0.15, 0.2) is 0 Å². The number of nitrogens with one attached hydrogen (secondary N) is 1.